The van der Waals surface area contributed by atoms with E-state index < -0.39 is 0 Å². The summed E-state index contributed by atoms with van der Waals surface area (Å²) in [5.74, 6) is 0.376. The molecule has 1 aromatic carbocycles. The van der Waals surface area contributed by atoms with E-state index in [2.05, 4.69) is 44.4 Å². The minimum absolute atomic E-state index is 0.149. The lowest BCUT2D eigenvalue weighted by Gasteiger charge is -2.26. The van der Waals surface area contributed by atoms with Gasteiger partial charge in [-0.2, -0.15) is 5.48 Å². The number of rotatable bonds is 14. The van der Waals surface area contributed by atoms with Crippen LogP contribution in [0.2, 0.25) is 0 Å². The van der Waals surface area contributed by atoms with Crippen molar-refractivity contribution in [1.82, 2.24) is 10.8 Å². The summed E-state index contributed by atoms with van der Waals surface area (Å²) in [6, 6.07) is 8.35. The molecular formula is C30H39N5O4. The second-order valence-corrected chi connectivity index (χ2v) is 8.68. The molecule has 1 aliphatic rings. The zero-order valence-corrected chi connectivity index (χ0v) is 22.9. The summed E-state index contributed by atoms with van der Waals surface area (Å²) in [6.45, 7) is 7.19. The molecule has 1 unspecified atom stereocenters. The molecular weight excluding hydrogens is 494 g/mol. The number of hydrogen-bond donors (Lipinski definition) is 4. The molecule has 1 heterocycles. The second kappa shape index (κ2) is 17.3. The van der Waals surface area contributed by atoms with Crippen molar-refractivity contribution in [3.05, 3.63) is 96.5 Å². The van der Waals surface area contributed by atoms with Gasteiger partial charge in [0.15, 0.2) is 5.76 Å². The highest BCUT2D eigenvalue weighted by molar-refractivity contribution is 6.09. The minimum Gasteiger partial charge on any atom is -0.516 e. The van der Waals surface area contributed by atoms with Crippen molar-refractivity contribution < 1.29 is 19.8 Å². The van der Waals surface area contributed by atoms with Gasteiger partial charge in [-0.25, -0.2) is 4.99 Å². The van der Waals surface area contributed by atoms with Crippen molar-refractivity contribution in [2.75, 3.05) is 32.1 Å². The monoisotopic (exact) mass is 533 g/mol. The molecule has 1 saturated heterocycles. The fraction of sp³-hybridized carbons (Fsp3) is 0.300. The maximum Gasteiger partial charge on any atom is 0.249 e. The molecule has 9 heteroatoms. The zero-order valence-electron chi connectivity index (χ0n) is 22.9. The van der Waals surface area contributed by atoms with Crippen LogP contribution in [0, 0.1) is 0 Å². The number of hydroxylamine groups is 1. The molecule has 0 aromatic heterocycles. The number of anilines is 1. The van der Waals surface area contributed by atoms with E-state index in [-0.39, 0.29) is 18.6 Å². The van der Waals surface area contributed by atoms with Crippen LogP contribution in [0.15, 0.2) is 101 Å². The summed E-state index contributed by atoms with van der Waals surface area (Å²) < 4.78 is 0. The molecule has 39 heavy (non-hydrogen) atoms. The summed E-state index contributed by atoms with van der Waals surface area (Å²) in [4.78, 5) is 27.9. The molecule has 0 saturated carbocycles. The fourth-order valence-corrected chi connectivity index (χ4v) is 4.07. The minimum atomic E-state index is -0.371. The molecule has 1 amide bonds. The number of carbonyl (C=O) groups excluding carboxylic acids is 1. The molecule has 2 rings (SSSR count). The molecule has 4 N–H and O–H groups in total. The summed E-state index contributed by atoms with van der Waals surface area (Å²) in [5, 5.41) is 20.7. The third-order valence-corrected chi connectivity index (χ3v) is 5.98. The summed E-state index contributed by atoms with van der Waals surface area (Å²) in [7, 11) is 3.40. The van der Waals surface area contributed by atoms with Crippen molar-refractivity contribution in [1.29, 1.82) is 0 Å². The average molecular weight is 534 g/mol. The van der Waals surface area contributed by atoms with Crippen molar-refractivity contribution in [3.63, 3.8) is 0 Å². The van der Waals surface area contributed by atoms with Gasteiger partial charge in [0.25, 0.3) is 0 Å². The fourth-order valence-electron chi connectivity index (χ4n) is 4.07. The quantitative estimate of drug-likeness (QED) is 0.0704. The highest BCUT2D eigenvalue weighted by Crippen LogP contribution is 2.30. The lowest BCUT2D eigenvalue weighted by atomic mass is 10.0. The summed E-state index contributed by atoms with van der Waals surface area (Å²) in [5.41, 5.74) is 7.21. The SMILES string of the molecule is C=C(/C=C\C/C(C)=C(\ONC)c1cccc(N2CCCC2CO)c1)C(/C=C\N=CNC(=O)/C=C/C=C\O)=NC. The average Bonchev–Trinajstić information content (AvgIpc) is 3.43. The first-order chi connectivity index (χ1) is 18.9. The predicted molar refractivity (Wildman–Crippen MR) is 160 cm³/mol. The van der Waals surface area contributed by atoms with E-state index in [1.165, 1.54) is 30.8 Å². The highest BCUT2D eigenvalue weighted by Gasteiger charge is 2.24. The maximum absolute atomic E-state index is 11.5. The predicted octanol–water partition coefficient (Wildman–Crippen LogP) is 4.39. The molecule has 1 fully saturated rings. The molecule has 1 aliphatic heterocycles. The molecule has 0 aliphatic carbocycles. The number of aliphatic hydroxyl groups excluding tert-OH is 2. The number of hydrogen-bond acceptors (Lipinski definition) is 8. The maximum atomic E-state index is 11.5. The normalized spacial score (nSPS) is 17.3. The van der Waals surface area contributed by atoms with E-state index in [0.29, 0.717) is 17.7 Å². The first-order valence-electron chi connectivity index (χ1n) is 12.7. The zero-order chi connectivity index (χ0) is 28.5. The van der Waals surface area contributed by atoms with E-state index in [9.17, 15) is 9.90 Å². The van der Waals surface area contributed by atoms with Crippen LogP contribution < -0.4 is 15.7 Å². The van der Waals surface area contributed by atoms with Crippen LogP contribution >= 0.6 is 0 Å². The molecule has 0 spiro atoms. The van der Waals surface area contributed by atoms with Gasteiger partial charge in [-0.1, -0.05) is 36.9 Å². The Bertz CT molecular complexity index is 1180. The van der Waals surface area contributed by atoms with Crippen molar-refractivity contribution >= 4 is 29.4 Å². The number of carbonyl (C=O) groups is 1. The molecule has 1 atom stereocenters. The van der Waals surface area contributed by atoms with Gasteiger partial charge < -0.3 is 25.3 Å². The van der Waals surface area contributed by atoms with Gasteiger partial charge in [-0.05, 0) is 61.6 Å². The van der Waals surface area contributed by atoms with Gasteiger partial charge in [-0.15, -0.1) is 0 Å². The van der Waals surface area contributed by atoms with E-state index in [1.54, 1.807) is 20.2 Å². The van der Waals surface area contributed by atoms with E-state index in [4.69, 9.17) is 9.94 Å². The molecule has 0 radical (unpaired) electrons. The topological polar surface area (TPSA) is 119 Å². The lowest BCUT2D eigenvalue weighted by molar-refractivity contribution is -0.115. The molecule has 208 valence electrons. The Labute approximate surface area is 231 Å². The van der Waals surface area contributed by atoms with Crippen LogP contribution in [-0.4, -0.2) is 61.5 Å². The second-order valence-electron chi connectivity index (χ2n) is 8.68. The Morgan fingerprint density at radius 1 is 1.28 bits per heavy atom. The van der Waals surface area contributed by atoms with Crippen molar-refractivity contribution in [3.8, 4) is 0 Å². The van der Waals surface area contributed by atoms with Crippen LogP contribution in [0.5, 0.6) is 0 Å². The van der Waals surface area contributed by atoms with Gasteiger partial charge in [-0.3, -0.25) is 9.79 Å². The van der Waals surface area contributed by atoms with E-state index in [1.807, 2.05) is 31.2 Å². The Hall–Kier alpha value is -4.21. The number of amides is 1. The first-order valence-corrected chi connectivity index (χ1v) is 12.7. The van der Waals surface area contributed by atoms with Crippen LogP contribution in [0.25, 0.3) is 5.76 Å². The summed E-state index contributed by atoms with van der Waals surface area (Å²) >= 11 is 0. The Kier molecular flexibility index (Phi) is 13.8. The van der Waals surface area contributed by atoms with E-state index >= 15 is 0 Å². The molecule has 9 nitrogen and oxygen atoms in total. The first kappa shape index (κ1) is 31.0. The number of aliphatic hydroxyl groups is 2. The summed E-state index contributed by atoms with van der Waals surface area (Å²) in [6.07, 6.45) is 15.9. The van der Waals surface area contributed by atoms with Gasteiger partial charge >= 0.3 is 0 Å². The Morgan fingerprint density at radius 2 is 2.10 bits per heavy atom. The third kappa shape index (κ3) is 10.2. The van der Waals surface area contributed by atoms with Crippen LogP contribution in [0.1, 0.15) is 31.7 Å². The number of benzene rings is 1. The number of nitrogens with one attached hydrogen (secondary N) is 2. The largest absolute Gasteiger partial charge is 0.516 e. The van der Waals surface area contributed by atoms with Crippen LogP contribution in [0.3, 0.4) is 0 Å². The molecule has 0 bridgehead atoms. The smallest absolute Gasteiger partial charge is 0.249 e. The number of aliphatic imine (C=N–C) groups is 2. The standard InChI is InChI=1S/C30H39N5O4/c1-23(28(31-3)16-17-33-22-34-29(38)15-5-6-19-36)10-7-11-24(2)30(39-32-4)25-12-8-13-26(20-25)35-18-9-14-27(35)21-37/h5-8,10,12-13,15-17,19-20,22,27,32,36-37H,1,9,11,14,18,21H2,2-4H3,(H,33,34,38)/b10-7-,15-5+,17-16-,19-6-,30-24-,31-28?. The van der Waals surface area contributed by atoms with Crippen molar-refractivity contribution in [2.45, 2.75) is 32.2 Å². The highest BCUT2D eigenvalue weighted by atomic mass is 16.6. The van der Waals surface area contributed by atoms with E-state index in [0.717, 1.165) is 48.2 Å². The third-order valence-electron chi connectivity index (χ3n) is 5.98. The van der Waals surface area contributed by atoms with Crippen LogP contribution in [0.4, 0.5) is 5.69 Å². The van der Waals surface area contributed by atoms with Gasteiger partial charge in [0.2, 0.25) is 5.91 Å². The Morgan fingerprint density at radius 3 is 2.82 bits per heavy atom. The van der Waals surface area contributed by atoms with Crippen molar-refractivity contribution in [2.24, 2.45) is 9.98 Å². The number of allylic oxidation sites excluding steroid dienone is 7. The van der Waals surface area contributed by atoms with Gasteiger partial charge in [0, 0.05) is 44.2 Å². The van der Waals surface area contributed by atoms with Crippen LogP contribution in [-0.2, 0) is 9.63 Å². The molecule has 1 aromatic rings. The lowest BCUT2D eigenvalue weighted by Crippen LogP contribution is -2.32. The van der Waals surface area contributed by atoms with Gasteiger partial charge in [0.05, 0.1) is 31.0 Å². The number of nitrogens with zero attached hydrogens (tertiary/aromatic N) is 3. The van der Waals surface area contributed by atoms with Gasteiger partial charge in [0.1, 0.15) is 0 Å². The Balaban J connectivity index is 2.04.